The van der Waals surface area contributed by atoms with Crippen LogP contribution in [0, 0.1) is 13.8 Å². The molecule has 0 amide bonds. The van der Waals surface area contributed by atoms with Gasteiger partial charge < -0.3 is 44.9 Å². The number of aromatic nitrogens is 2. The van der Waals surface area contributed by atoms with Crippen LogP contribution in [-0.4, -0.2) is 71.4 Å². The predicted octanol–water partition coefficient (Wildman–Crippen LogP) is 4.24. The van der Waals surface area contributed by atoms with E-state index in [0.29, 0.717) is 49.8 Å². The van der Waals surface area contributed by atoms with Crippen LogP contribution >= 0.6 is 0 Å². The molecule has 0 saturated carbocycles. The van der Waals surface area contributed by atoms with Gasteiger partial charge in [-0.25, -0.2) is 0 Å². The number of ether oxygens (including phenoxy) is 4. The van der Waals surface area contributed by atoms with Gasteiger partial charge in [-0.15, -0.1) is 0 Å². The summed E-state index contributed by atoms with van der Waals surface area (Å²) < 4.78 is 23.2. The third-order valence-electron chi connectivity index (χ3n) is 8.46. The van der Waals surface area contributed by atoms with Crippen LogP contribution in [0.5, 0.6) is 23.5 Å². The molecule has 0 spiro atoms. The summed E-state index contributed by atoms with van der Waals surface area (Å²) in [7, 11) is 3.14. The fourth-order valence-electron chi connectivity index (χ4n) is 5.29. The van der Waals surface area contributed by atoms with E-state index in [9.17, 15) is 15.3 Å². The predicted molar refractivity (Wildman–Crippen MR) is 184 cm³/mol. The van der Waals surface area contributed by atoms with Crippen molar-refractivity contribution in [3.8, 4) is 34.6 Å². The lowest BCUT2D eigenvalue weighted by atomic mass is 9.92. The molecule has 0 aliphatic heterocycles. The van der Waals surface area contributed by atoms with Gasteiger partial charge in [0.25, 0.3) is 0 Å². The van der Waals surface area contributed by atoms with Crippen LogP contribution in [0.3, 0.4) is 0 Å². The second-order valence-electron chi connectivity index (χ2n) is 11.5. The number of rotatable bonds is 19. The first kappa shape index (κ1) is 36.6. The molecule has 2 heterocycles. The van der Waals surface area contributed by atoms with E-state index < -0.39 is 6.04 Å². The molecule has 5 N–H and O–H groups in total. The molecule has 2 aromatic heterocycles. The average molecular weight is 661 g/mol. The van der Waals surface area contributed by atoms with E-state index in [-0.39, 0.29) is 25.9 Å². The highest BCUT2D eigenvalue weighted by Crippen LogP contribution is 2.31. The fraction of sp³-hybridized carbons (Fsp3) is 0.405. The first-order chi connectivity index (χ1) is 23.3. The van der Waals surface area contributed by atoms with Gasteiger partial charge in [0.2, 0.25) is 23.5 Å². The highest BCUT2D eigenvalue weighted by atomic mass is 16.5. The Morgan fingerprint density at radius 2 is 1.04 bits per heavy atom. The number of aliphatic hydroxyl groups excluding tert-OH is 3. The summed E-state index contributed by atoms with van der Waals surface area (Å²) >= 11 is 0. The molecule has 0 aliphatic carbocycles. The van der Waals surface area contributed by atoms with Crippen molar-refractivity contribution >= 4 is 0 Å². The zero-order valence-corrected chi connectivity index (χ0v) is 28.5. The van der Waals surface area contributed by atoms with Crippen LogP contribution in [0.25, 0.3) is 11.1 Å². The number of hydrogen-bond acceptors (Lipinski definition) is 11. The smallest absolute Gasteiger partial charge is 0.220 e. The van der Waals surface area contributed by atoms with E-state index >= 15 is 0 Å². The van der Waals surface area contributed by atoms with Gasteiger partial charge in [0.15, 0.2) is 0 Å². The van der Waals surface area contributed by atoms with Gasteiger partial charge in [-0.05, 0) is 65.8 Å². The Kier molecular flexibility index (Phi) is 14.0. The lowest BCUT2D eigenvalue weighted by molar-refractivity contribution is 0.170. The quantitative estimate of drug-likeness (QED) is 0.0984. The van der Waals surface area contributed by atoms with Crippen LogP contribution in [0.15, 0.2) is 60.7 Å². The molecule has 4 rings (SSSR count). The fourth-order valence-corrected chi connectivity index (χ4v) is 5.29. The van der Waals surface area contributed by atoms with Gasteiger partial charge in [0.1, 0.15) is 13.2 Å². The van der Waals surface area contributed by atoms with Gasteiger partial charge in [0.05, 0.1) is 40.1 Å². The zero-order valence-electron chi connectivity index (χ0n) is 28.5. The van der Waals surface area contributed by atoms with Gasteiger partial charge in [-0.1, -0.05) is 43.3 Å². The van der Waals surface area contributed by atoms with E-state index in [4.69, 9.17) is 18.9 Å². The zero-order chi connectivity index (χ0) is 34.5. The van der Waals surface area contributed by atoms with Crippen LogP contribution in [-0.2, 0) is 26.3 Å². The standard InChI is InChI=1S/C37H48N4O7/c1-6-30(19-42)38-17-26-13-15-34(40-36(26)45-4)47-22-28-9-7-11-32(24(28)2)33-12-8-10-29(25(33)3)23-48-35-16-14-27(37(41-35)46-5)18-39-31(20-43)21-44/h7-16,30-31,38-39,42-44H,6,17-23H2,1-5H3. The maximum atomic E-state index is 9.47. The molecule has 48 heavy (non-hydrogen) atoms. The highest BCUT2D eigenvalue weighted by molar-refractivity contribution is 5.72. The molecule has 1 atom stereocenters. The molecule has 11 nitrogen and oxygen atoms in total. The first-order valence-electron chi connectivity index (χ1n) is 16.2. The van der Waals surface area contributed by atoms with Crippen molar-refractivity contribution in [1.29, 1.82) is 0 Å². The third kappa shape index (κ3) is 9.42. The molecular weight excluding hydrogens is 612 g/mol. The SMILES string of the molecule is CCC(CO)NCc1ccc(OCc2cccc(-c3cccc(COc4ccc(CNC(CO)CO)c(OC)n4)c3C)c2C)nc1OC. The third-order valence-corrected chi connectivity index (χ3v) is 8.46. The van der Waals surface area contributed by atoms with Crippen LogP contribution in [0.1, 0.15) is 46.7 Å². The summed E-state index contributed by atoms with van der Waals surface area (Å²) in [5.74, 6) is 1.81. The second-order valence-corrected chi connectivity index (χ2v) is 11.5. The van der Waals surface area contributed by atoms with E-state index in [1.54, 1.807) is 20.3 Å². The Morgan fingerprint density at radius 3 is 1.44 bits per heavy atom. The van der Waals surface area contributed by atoms with E-state index in [0.717, 1.165) is 50.9 Å². The Hall–Kier alpha value is -4.26. The normalized spacial score (nSPS) is 11.9. The maximum Gasteiger partial charge on any atom is 0.220 e. The van der Waals surface area contributed by atoms with Gasteiger partial charge in [-0.2, -0.15) is 9.97 Å². The summed E-state index contributed by atoms with van der Waals surface area (Å²) in [4.78, 5) is 9.07. The van der Waals surface area contributed by atoms with Crippen molar-refractivity contribution in [2.24, 2.45) is 0 Å². The lowest BCUT2D eigenvalue weighted by Crippen LogP contribution is -2.35. The largest absolute Gasteiger partial charge is 0.481 e. The minimum absolute atomic E-state index is 0.0188. The van der Waals surface area contributed by atoms with Crippen molar-refractivity contribution in [3.63, 3.8) is 0 Å². The maximum absolute atomic E-state index is 9.47. The average Bonchev–Trinajstić information content (AvgIpc) is 3.12. The van der Waals surface area contributed by atoms with Gasteiger partial charge >= 0.3 is 0 Å². The molecule has 0 aliphatic rings. The Bertz CT molecular complexity index is 1490. The first-order valence-corrected chi connectivity index (χ1v) is 16.2. The molecule has 11 heteroatoms. The van der Waals surface area contributed by atoms with Crippen LogP contribution in [0.2, 0.25) is 0 Å². The monoisotopic (exact) mass is 660 g/mol. The summed E-state index contributed by atoms with van der Waals surface area (Å²) in [6.07, 6.45) is 0.824. The van der Waals surface area contributed by atoms with E-state index in [1.165, 1.54) is 0 Å². The second kappa shape index (κ2) is 18.3. The number of hydrogen-bond donors (Lipinski definition) is 5. The molecule has 0 fully saturated rings. The minimum atomic E-state index is -0.420. The summed E-state index contributed by atoms with van der Waals surface area (Å²) in [6, 6.07) is 19.4. The summed E-state index contributed by atoms with van der Waals surface area (Å²) in [5, 5.41) is 34.5. The number of benzene rings is 2. The molecule has 1 unspecified atom stereocenters. The highest BCUT2D eigenvalue weighted by Gasteiger charge is 2.15. The van der Waals surface area contributed by atoms with Crippen molar-refractivity contribution < 1.29 is 34.3 Å². The number of aliphatic hydroxyl groups is 3. The molecule has 258 valence electrons. The summed E-state index contributed by atoms with van der Waals surface area (Å²) in [5.41, 5.74) is 8.19. The summed E-state index contributed by atoms with van der Waals surface area (Å²) in [6.45, 7) is 7.54. The molecular formula is C37H48N4O7. The topological polar surface area (TPSA) is 147 Å². The van der Waals surface area contributed by atoms with E-state index in [2.05, 4.69) is 52.6 Å². The number of methoxy groups -OCH3 is 2. The molecule has 0 bridgehead atoms. The molecule has 0 saturated heterocycles. The van der Waals surface area contributed by atoms with Crippen molar-refractivity contribution in [2.45, 2.75) is 65.6 Å². The van der Waals surface area contributed by atoms with Crippen LogP contribution in [0.4, 0.5) is 0 Å². The Morgan fingerprint density at radius 1 is 0.604 bits per heavy atom. The van der Waals surface area contributed by atoms with Gasteiger partial charge in [-0.3, -0.25) is 0 Å². The van der Waals surface area contributed by atoms with Crippen molar-refractivity contribution in [3.05, 3.63) is 94.0 Å². The van der Waals surface area contributed by atoms with Crippen molar-refractivity contribution in [2.75, 3.05) is 34.0 Å². The number of pyridine rings is 2. The van der Waals surface area contributed by atoms with Crippen molar-refractivity contribution in [1.82, 2.24) is 20.6 Å². The molecule has 0 radical (unpaired) electrons. The number of nitrogens with one attached hydrogen (secondary N) is 2. The lowest BCUT2D eigenvalue weighted by Gasteiger charge is -2.17. The molecule has 4 aromatic rings. The minimum Gasteiger partial charge on any atom is -0.481 e. The Labute approximate surface area is 282 Å². The Balaban J connectivity index is 1.44. The van der Waals surface area contributed by atoms with E-state index in [1.807, 2.05) is 43.3 Å². The van der Waals surface area contributed by atoms with Crippen LogP contribution < -0.4 is 29.6 Å². The van der Waals surface area contributed by atoms with Gasteiger partial charge in [0, 0.05) is 42.4 Å². The number of nitrogens with zero attached hydrogens (tertiary/aromatic N) is 2. The molecule has 2 aromatic carbocycles.